The number of hydrogen-bond acceptors (Lipinski definition) is 5. The molecular formula is C19H26N4O4S. The molecule has 0 atom stereocenters. The molecule has 0 saturated carbocycles. The van der Waals surface area contributed by atoms with Gasteiger partial charge in [-0.15, -0.1) is 0 Å². The summed E-state index contributed by atoms with van der Waals surface area (Å²) in [5.74, 6) is -0.264. The average molecular weight is 407 g/mol. The van der Waals surface area contributed by atoms with Crippen molar-refractivity contribution in [2.24, 2.45) is 0 Å². The lowest BCUT2D eigenvalue weighted by Crippen LogP contribution is -2.40. The molecule has 152 valence electrons. The fraction of sp³-hybridized carbons (Fsp3) is 0.421. The van der Waals surface area contributed by atoms with Gasteiger partial charge in [-0.25, -0.2) is 8.42 Å². The van der Waals surface area contributed by atoms with E-state index < -0.39 is 10.0 Å². The van der Waals surface area contributed by atoms with E-state index in [1.54, 1.807) is 11.9 Å². The minimum Gasteiger partial charge on any atom is -0.379 e. The van der Waals surface area contributed by atoms with Crippen LogP contribution in [0, 0.1) is 0 Å². The maximum atomic E-state index is 12.7. The number of ether oxygens (including phenoxy) is 1. The van der Waals surface area contributed by atoms with Crippen molar-refractivity contribution in [2.45, 2.75) is 11.4 Å². The molecule has 8 nitrogen and oxygen atoms in total. The summed E-state index contributed by atoms with van der Waals surface area (Å²) in [5.41, 5.74) is 2.33. The molecule has 1 fully saturated rings. The molecular weight excluding hydrogens is 380 g/mol. The van der Waals surface area contributed by atoms with Gasteiger partial charge in [0.15, 0.2) is 0 Å². The summed E-state index contributed by atoms with van der Waals surface area (Å²) < 4.78 is 32.0. The number of anilines is 1. The number of morpholine rings is 1. The van der Waals surface area contributed by atoms with E-state index >= 15 is 0 Å². The summed E-state index contributed by atoms with van der Waals surface area (Å²) in [6.45, 7) is 1.83. The zero-order valence-corrected chi connectivity index (χ0v) is 17.2. The van der Waals surface area contributed by atoms with Crippen molar-refractivity contribution in [3.8, 4) is 0 Å². The molecule has 0 unspecified atom stereocenters. The van der Waals surface area contributed by atoms with E-state index in [0.29, 0.717) is 32.8 Å². The highest BCUT2D eigenvalue weighted by molar-refractivity contribution is 7.89. The molecule has 1 aromatic heterocycles. The number of rotatable bonds is 6. The van der Waals surface area contributed by atoms with Crippen LogP contribution in [-0.4, -0.2) is 76.0 Å². The third-order valence-electron chi connectivity index (χ3n) is 4.71. The fourth-order valence-corrected chi connectivity index (χ4v) is 4.44. The zero-order valence-electron chi connectivity index (χ0n) is 16.4. The maximum absolute atomic E-state index is 12.7. The topological polar surface area (TPSA) is 86.0 Å². The fourth-order valence-electron chi connectivity index (χ4n) is 3.03. The summed E-state index contributed by atoms with van der Waals surface area (Å²) in [6.07, 6.45) is 1.37. The lowest BCUT2D eigenvalue weighted by molar-refractivity contribution is 0.0730. The Morgan fingerprint density at radius 3 is 2.39 bits per heavy atom. The van der Waals surface area contributed by atoms with E-state index in [0.717, 1.165) is 11.3 Å². The molecule has 3 rings (SSSR count). The van der Waals surface area contributed by atoms with Gasteiger partial charge >= 0.3 is 0 Å². The van der Waals surface area contributed by atoms with Crippen molar-refractivity contribution >= 4 is 21.6 Å². The zero-order chi connectivity index (χ0) is 20.3. The molecule has 1 aromatic carbocycles. The van der Waals surface area contributed by atoms with Crippen molar-refractivity contribution < 1.29 is 17.9 Å². The lowest BCUT2D eigenvalue weighted by Gasteiger charge is -2.25. The second-order valence-electron chi connectivity index (χ2n) is 6.99. The molecule has 0 spiro atoms. The SMILES string of the molecule is CN(Cc1ccc(N(C)C)cc1)C(=O)c1cc(S(=O)(=O)N2CCOCC2)c[nH]1. The van der Waals surface area contributed by atoms with Crippen LogP contribution in [0.25, 0.3) is 0 Å². The molecule has 2 heterocycles. The first-order valence-corrected chi connectivity index (χ1v) is 10.5. The number of nitrogens with zero attached hydrogens (tertiary/aromatic N) is 3. The van der Waals surface area contributed by atoms with Gasteiger partial charge in [-0.3, -0.25) is 4.79 Å². The predicted molar refractivity (Wildman–Crippen MR) is 107 cm³/mol. The van der Waals surface area contributed by atoms with Gasteiger partial charge in [0.05, 0.1) is 13.2 Å². The quantitative estimate of drug-likeness (QED) is 0.783. The highest BCUT2D eigenvalue weighted by Crippen LogP contribution is 2.19. The van der Waals surface area contributed by atoms with Crippen molar-refractivity contribution in [2.75, 3.05) is 52.3 Å². The van der Waals surface area contributed by atoms with Crippen LogP contribution in [0.5, 0.6) is 0 Å². The van der Waals surface area contributed by atoms with Gasteiger partial charge < -0.3 is 19.5 Å². The van der Waals surface area contributed by atoms with E-state index in [4.69, 9.17) is 4.74 Å². The minimum atomic E-state index is -3.63. The monoisotopic (exact) mass is 406 g/mol. The van der Waals surface area contributed by atoms with Gasteiger partial charge in [0, 0.05) is 52.7 Å². The Bertz CT molecular complexity index is 916. The first-order valence-electron chi connectivity index (χ1n) is 9.07. The van der Waals surface area contributed by atoms with Crippen LogP contribution >= 0.6 is 0 Å². The van der Waals surface area contributed by atoms with E-state index in [1.165, 1.54) is 16.6 Å². The Morgan fingerprint density at radius 2 is 1.79 bits per heavy atom. The number of nitrogens with one attached hydrogen (secondary N) is 1. The molecule has 1 aliphatic heterocycles. The molecule has 1 aliphatic rings. The highest BCUT2D eigenvalue weighted by atomic mass is 32.2. The molecule has 2 aromatic rings. The lowest BCUT2D eigenvalue weighted by atomic mass is 10.2. The number of aromatic amines is 1. The predicted octanol–water partition coefficient (Wildman–Crippen LogP) is 1.37. The van der Waals surface area contributed by atoms with Gasteiger partial charge in [0.1, 0.15) is 10.6 Å². The van der Waals surface area contributed by atoms with Crippen molar-refractivity contribution in [3.63, 3.8) is 0 Å². The first-order chi connectivity index (χ1) is 13.3. The second-order valence-corrected chi connectivity index (χ2v) is 8.93. The second kappa shape index (κ2) is 8.34. The molecule has 0 radical (unpaired) electrons. The number of carbonyl (C=O) groups is 1. The highest BCUT2D eigenvalue weighted by Gasteiger charge is 2.28. The number of H-pyrrole nitrogens is 1. The number of aromatic nitrogens is 1. The smallest absolute Gasteiger partial charge is 0.270 e. The van der Waals surface area contributed by atoms with Crippen LogP contribution < -0.4 is 4.90 Å². The summed E-state index contributed by atoms with van der Waals surface area (Å²) in [7, 11) is 2.01. The van der Waals surface area contributed by atoms with Crippen LogP contribution in [0.4, 0.5) is 5.69 Å². The average Bonchev–Trinajstić information content (AvgIpc) is 3.19. The van der Waals surface area contributed by atoms with E-state index in [9.17, 15) is 13.2 Å². The molecule has 1 amide bonds. The van der Waals surface area contributed by atoms with Gasteiger partial charge in [-0.1, -0.05) is 12.1 Å². The van der Waals surface area contributed by atoms with E-state index in [-0.39, 0.29) is 16.5 Å². The standard InChI is InChI=1S/C19H26N4O4S/c1-21(2)16-6-4-15(5-7-16)14-22(3)19(24)18-12-17(13-20-18)28(25,26)23-8-10-27-11-9-23/h4-7,12-13,20H,8-11,14H2,1-3H3. The Labute approximate surface area is 165 Å². The van der Waals surface area contributed by atoms with Crippen molar-refractivity contribution in [1.29, 1.82) is 0 Å². The van der Waals surface area contributed by atoms with Crippen LogP contribution in [-0.2, 0) is 21.3 Å². The van der Waals surface area contributed by atoms with Gasteiger partial charge in [0.2, 0.25) is 10.0 Å². The summed E-state index contributed by atoms with van der Waals surface area (Å²) in [4.78, 5) is 19.2. The summed E-state index contributed by atoms with van der Waals surface area (Å²) in [5, 5.41) is 0. The molecule has 0 aliphatic carbocycles. The van der Waals surface area contributed by atoms with Gasteiger partial charge in [-0.05, 0) is 23.8 Å². The molecule has 28 heavy (non-hydrogen) atoms. The Kier molecular flexibility index (Phi) is 6.07. The van der Waals surface area contributed by atoms with Crippen molar-refractivity contribution in [3.05, 3.63) is 47.8 Å². The number of hydrogen-bond donors (Lipinski definition) is 1. The van der Waals surface area contributed by atoms with E-state index in [1.807, 2.05) is 43.3 Å². The number of amides is 1. The minimum absolute atomic E-state index is 0.0986. The van der Waals surface area contributed by atoms with Crippen LogP contribution in [0.3, 0.4) is 0 Å². The number of benzene rings is 1. The molecule has 1 N–H and O–H groups in total. The third kappa shape index (κ3) is 4.37. The maximum Gasteiger partial charge on any atom is 0.270 e. The van der Waals surface area contributed by atoms with Crippen LogP contribution in [0.2, 0.25) is 0 Å². The number of sulfonamides is 1. The van der Waals surface area contributed by atoms with Crippen LogP contribution in [0.15, 0.2) is 41.4 Å². The van der Waals surface area contributed by atoms with Gasteiger partial charge in [-0.2, -0.15) is 4.31 Å². The largest absolute Gasteiger partial charge is 0.379 e. The summed E-state index contributed by atoms with van der Waals surface area (Å²) >= 11 is 0. The Morgan fingerprint density at radius 1 is 1.14 bits per heavy atom. The Balaban J connectivity index is 1.69. The molecule has 1 saturated heterocycles. The molecule has 0 bridgehead atoms. The Hall–Kier alpha value is -2.36. The number of carbonyl (C=O) groups excluding carboxylic acids is 1. The van der Waals surface area contributed by atoms with Gasteiger partial charge in [0.25, 0.3) is 5.91 Å². The van der Waals surface area contributed by atoms with Crippen molar-refractivity contribution in [1.82, 2.24) is 14.2 Å². The first kappa shape index (κ1) is 20.4. The molecule has 9 heteroatoms. The van der Waals surface area contributed by atoms with Crippen LogP contribution in [0.1, 0.15) is 16.1 Å². The normalized spacial score (nSPS) is 15.4. The summed E-state index contributed by atoms with van der Waals surface area (Å²) in [6, 6.07) is 9.34. The van der Waals surface area contributed by atoms with E-state index in [2.05, 4.69) is 4.98 Å². The third-order valence-corrected chi connectivity index (χ3v) is 6.59.